The predicted octanol–water partition coefficient (Wildman–Crippen LogP) is 0.310. The molecule has 0 unspecified atom stereocenters. The van der Waals surface area contributed by atoms with E-state index in [2.05, 4.69) is 10.3 Å². The Labute approximate surface area is 83.7 Å². The van der Waals surface area contributed by atoms with Gasteiger partial charge in [-0.05, 0) is 0 Å². The average molecular weight is 196 g/mol. The Balaban J connectivity index is 2.29. The summed E-state index contributed by atoms with van der Waals surface area (Å²) in [5.41, 5.74) is 0. The summed E-state index contributed by atoms with van der Waals surface area (Å²) in [5, 5.41) is 3.08. The summed E-state index contributed by atoms with van der Waals surface area (Å²) >= 11 is 0. The predicted molar refractivity (Wildman–Crippen MR) is 55.0 cm³/mol. The van der Waals surface area contributed by atoms with E-state index >= 15 is 0 Å². The van der Waals surface area contributed by atoms with Crippen molar-refractivity contribution in [3.63, 3.8) is 0 Å². The molecule has 0 spiro atoms. The number of aryl methyl sites for hydroxylation is 1. The van der Waals surface area contributed by atoms with Crippen LogP contribution in [0.1, 0.15) is 6.42 Å². The molecule has 5 nitrogen and oxygen atoms in total. The molecule has 0 saturated carbocycles. The molecule has 0 bridgehead atoms. The smallest absolute Gasteiger partial charge is 0.223 e. The normalized spacial score (nSPS) is 9.93. The van der Waals surface area contributed by atoms with Gasteiger partial charge in [-0.25, -0.2) is 4.98 Å². The van der Waals surface area contributed by atoms with Crippen LogP contribution in [0.2, 0.25) is 0 Å². The number of hydrogen-bond donors (Lipinski definition) is 1. The zero-order valence-corrected chi connectivity index (χ0v) is 8.82. The van der Waals surface area contributed by atoms with Crippen molar-refractivity contribution < 1.29 is 4.79 Å². The third kappa shape index (κ3) is 2.76. The summed E-state index contributed by atoms with van der Waals surface area (Å²) in [6, 6.07) is 0. The van der Waals surface area contributed by atoms with Crippen molar-refractivity contribution in [1.82, 2.24) is 14.5 Å². The number of hydrogen-bond acceptors (Lipinski definition) is 3. The van der Waals surface area contributed by atoms with E-state index in [1.165, 1.54) is 0 Å². The highest BCUT2D eigenvalue weighted by Crippen LogP contribution is 2.00. The van der Waals surface area contributed by atoms with Gasteiger partial charge >= 0.3 is 0 Å². The molecule has 1 N–H and O–H groups in total. The van der Waals surface area contributed by atoms with E-state index < -0.39 is 0 Å². The molecule has 0 saturated heterocycles. The topological polar surface area (TPSA) is 50.2 Å². The van der Waals surface area contributed by atoms with Crippen LogP contribution in [-0.4, -0.2) is 41.0 Å². The summed E-state index contributed by atoms with van der Waals surface area (Å²) in [4.78, 5) is 16.9. The van der Waals surface area contributed by atoms with Crippen molar-refractivity contribution in [2.75, 3.05) is 26.0 Å². The zero-order chi connectivity index (χ0) is 10.6. The monoisotopic (exact) mass is 196 g/mol. The molecular weight excluding hydrogens is 180 g/mol. The van der Waals surface area contributed by atoms with Crippen molar-refractivity contribution in [1.29, 1.82) is 0 Å². The Kier molecular flexibility index (Phi) is 3.50. The van der Waals surface area contributed by atoms with Gasteiger partial charge in [-0.1, -0.05) is 0 Å². The third-order valence-corrected chi connectivity index (χ3v) is 1.94. The zero-order valence-electron chi connectivity index (χ0n) is 8.82. The average Bonchev–Trinajstić information content (AvgIpc) is 2.51. The minimum Gasteiger partial charge on any atom is -0.355 e. The molecule has 1 aromatic heterocycles. The van der Waals surface area contributed by atoms with Crippen molar-refractivity contribution in [3.8, 4) is 0 Å². The van der Waals surface area contributed by atoms with Crippen LogP contribution in [0, 0.1) is 0 Å². The van der Waals surface area contributed by atoms with E-state index in [4.69, 9.17) is 0 Å². The largest absolute Gasteiger partial charge is 0.355 e. The first-order valence-electron chi connectivity index (χ1n) is 4.52. The molecule has 78 valence electrons. The highest BCUT2D eigenvalue weighted by atomic mass is 16.2. The van der Waals surface area contributed by atoms with Crippen LogP contribution < -0.4 is 5.32 Å². The van der Waals surface area contributed by atoms with E-state index in [9.17, 15) is 4.79 Å². The second-order valence-electron chi connectivity index (χ2n) is 3.33. The molecule has 0 aliphatic carbocycles. The summed E-state index contributed by atoms with van der Waals surface area (Å²) in [5.74, 6) is 0.906. The summed E-state index contributed by atoms with van der Waals surface area (Å²) < 4.78 is 1.88. The molecule has 5 heteroatoms. The number of rotatable bonds is 4. The molecular formula is C9H16N4O. The SMILES string of the molecule is CN(C)C(=O)CCNc1nccn1C. The van der Waals surface area contributed by atoms with Gasteiger partial charge in [0, 0.05) is 46.5 Å². The second kappa shape index (κ2) is 4.64. The molecule has 0 fully saturated rings. The lowest BCUT2D eigenvalue weighted by molar-refractivity contribution is -0.128. The minimum atomic E-state index is 0.117. The number of aromatic nitrogens is 2. The Bertz CT molecular complexity index is 306. The number of carbonyl (C=O) groups is 1. The van der Waals surface area contributed by atoms with Gasteiger partial charge in [-0.3, -0.25) is 4.79 Å². The molecule has 0 radical (unpaired) electrons. The van der Waals surface area contributed by atoms with Crippen molar-refractivity contribution >= 4 is 11.9 Å². The Morgan fingerprint density at radius 3 is 2.86 bits per heavy atom. The van der Waals surface area contributed by atoms with Gasteiger partial charge in [-0.2, -0.15) is 0 Å². The molecule has 1 rings (SSSR count). The molecule has 14 heavy (non-hydrogen) atoms. The van der Waals surface area contributed by atoms with Gasteiger partial charge in [0.05, 0.1) is 0 Å². The minimum absolute atomic E-state index is 0.117. The van der Waals surface area contributed by atoms with E-state index in [-0.39, 0.29) is 5.91 Å². The summed E-state index contributed by atoms with van der Waals surface area (Å²) in [6.45, 7) is 0.613. The van der Waals surface area contributed by atoms with Crippen LogP contribution in [0.3, 0.4) is 0 Å². The first-order valence-corrected chi connectivity index (χ1v) is 4.52. The van der Waals surface area contributed by atoms with Gasteiger partial charge in [0.2, 0.25) is 11.9 Å². The second-order valence-corrected chi connectivity index (χ2v) is 3.33. The standard InChI is InChI=1S/C9H16N4O/c1-12(2)8(14)4-5-10-9-11-6-7-13(9)3/h6-7H,4-5H2,1-3H3,(H,10,11). The van der Waals surface area contributed by atoms with Gasteiger partial charge in [0.15, 0.2) is 0 Å². The first-order chi connectivity index (χ1) is 6.61. The first kappa shape index (κ1) is 10.6. The Hall–Kier alpha value is -1.52. The maximum atomic E-state index is 11.2. The van der Waals surface area contributed by atoms with Crippen LogP contribution >= 0.6 is 0 Å². The number of carbonyl (C=O) groups excluding carboxylic acids is 1. The molecule has 1 amide bonds. The van der Waals surface area contributed by atoms with E-state index in [1.54, 1.807) is 25.2 Å². The number of nitrogens with one attached hydrogen (secondary N) is 1. The van der Waals surface area contributed by atoms with Crippen LogP contribution in [0.5, 0.6) is 0 Å². The van der Waals surface area contributed by atoms with E-state index in [1.807, 2.05) is 17.8 Å². The Morgan fingerprint density at radius 2 is 2.36 bits per heavy atom. The van der Waals surface area contributed by atoms with Crippen LogP contribution in [0.15, 0.2) is 12.4 Å². The molecule has 0 aromatic carbocycles. The highest BCUT2D eigenvalue weighted by Gasteiger charge is 2.03. The van der Waals surface area contributed by atoms with Crippen molar-refractivity contribution in [2.45, 2.75) is 6.42 Å². The lowest BCUT2D eigenvalue weighted by Gasteiger charge is -2.10. The van der Waals surface area contributed by atoms with Gasteiger partial charge < -0.3 is 14.8 Å². The third-order valence-electron chi connectivity index (χ3n) is 1.94. The van der Waals surface area contributed by atoms with Crippen molar-refractivity contribution in [2.24, 2.45) is 7.05 Å². The number of nitrogens with zero attached hydrogens (tertiary/aromatic N) is 3. The van der Waals surface area contributed by atoms with Crippen LogP contribution in [0.4, 0.5) is 5.95 Å². The molecule has 0 atom stereocenters. The Morgan fingerprint density at radius 1 is 1.64 bits per heavy atom. The lowest BCUT2D eigenvalue weighted by atomic mass is 10.4. The molecule has 1 aromatic rings. The van der Waals surface area contributed by atoms with Gasteiger partial charge in [0.1, 0.15) is 0 Å². The van der Waals surface area contributed by atoms with E-state index in [0.29, 0.717) is 13.0 Å². The van der Waals surface area contributed by atoms with Crippen LogP contribution in [0.25, 0.3) is 0 Å². The summed E-state index contributed by atoms with van der Waals surface area (Å²) in [7, 11) is 5.41. The number of imidazole rings is 1. The van der Waals surface area contributed by atoms with Crippen molar-refractivity contribution in [3.05, 3.63) is 12.4 Å². The fraction of sp³-hybridized carbons (Fsp3) is 0.556. The lowest BCUT2D eigenvalue weighted by Crippen LogP contribution is -2.24. The quantitative estimate of drug-likeness (QED) is 0.754. The molecule has 1 heterocycles. The van der Waals surface area contributed by atoms with Gasteiger partial charge in [-0.15, -0.1) is 0 Å². The fourth-order valence-electron chi connectivity index (χ4n) is 1.04. The maximum Gasteiger partial charge on any atom is 0.223 e. The summed E-state index contributed by atoms with van der Waals surface area (Å²) in [6.07, 6.45) is 4.06. The number of anilines is 1. The fourth-order valence-corrected chi connectivity index (χ4v) is 1.04. The number of amides is 1. The molecule has 0 aliphatic heterocycles. The van der Waals surface area contributed by atoms with E-state index in [0.717, 1.165) is 5.95 Å². The highest BCUT2D eigenvalue weighted by molar-refractivity contribution is 5.75. The van der Waals surface area contributed by atoms with Crippen LogP contribution in [-0.2, 0) is 11.8 Å². The molecule has 0 aliphatic rings. The maximum absolute atomic E-state index is 11.2. The van der Waals surface area contributed by atoms with Gasteiger partial charge in [0.25, 0.3) is 0 Å².